The summed E-state index contributed by atoms with van der Waals surface area (Å²) in [5, 5.41) is 12.1. The molecule has 1 fully saturated rings. The molecule has 4 aromatic rings. The number of hydrogen-bond acceptors (Lipinski definition) is 8. The second-order valence-electron chi connectivity index (χ2n) is 11.0. The molecule has 3 aromatic carbocycles. The van der Waals surface area contributed by atoms with Gasteiger partial charge < -0.3 is 19.3 Å². The predicted octanol–water partition coefficient (Wildman–Crippen LogP) is 7.05. The van der Waals surface area contributed by atoms with Crippen molar-refractivity contribution in [1.82, 2.24) is 4.98 Å². The Morgan fingerprint density at radius 3 is 2.65 bits per heavy atom. The standard InChI is InChI=1S/C34H34N2O6S/c1-6-12-41-25-11-8-21(17-26(25)40-7-2)30-28(31(37)22-9-10-24-23(16-22)15-20(5)42-24)32(38)33(39)36(30)34-35-29-19(4)13-18(3)14-27(29)43-34/h8-11,13-14,16-17,20,30,37H,6-7,12,15H2,1-5H3/b31-28+. The van der Waals surface area contributed by atoms with Crippen LogP contribution in [0.1, 0.15) is 61.1 Å². The number of carbonyl (C=O) groups is 2. The molecule has 8 nitrogen and oxygen atoms in total. The lowest BCUT2D eigenvalue weighted by Crippen LogP contribution is -2.29. The monoisotopic (exact) mass is 598 g/mol. The maximum Gasteiger partial charge on any atom is 0.301 e. The number of aryl methyl sites for hydroxylation is 2. The molecule has 2 aliphatic heterocycles. The van der Waals surface area contributed by atoms with Crippen LogP contribution in [0.3, 0.4) is 0 Å². The Hall–Kier alpha value is -4.37. The van der Waals surface area contributed by atoms with Gasteiger partial charge in [-0.15, -0.1) is 0 Å². The molecule has 0 aliphatic carbocycles. The highest BCUT2D eigenvalue weighted by Gasteiger charge is 2.48. The van der Waals surface area contributed by atoms with E-state index in [-0.39, 0.29) is 17.4 Å². The van der Waals surface area contributed by atoms with Crippen LogP contribution >= 0.6 is 11.3 Å². The highest BCUT2D eigenvalue weighted by molar-refractivity contribution is 7.22. The topological polar surface area (TPSA) is 98.2 Å². The Morgan fingerprint density at radius 2 is 1.88 bits per heavy atom. The Morgan fingerprint density at radius 1 is 1.07 bits per heavy atom. The maximum absolute atomic E-state index is 13.8. The SMILES string of the molecule is CCCOc1ccc(C2/C(=C(\O)c3ccc4c(c3)CC(C)O4)C(=O)C(=O)N2c2nc3c(C)cc(C)cc3s2)cc1OCC. The summed E-state index contributed by atoms with van der Waals surface area (Å²) in [7, 11) is 0. The Labute approximate surface area is 254 Å². The summed E-state index contributed by atoms with van der Waals surface area (Å²) in [6.45, 7) is 10.8. The summed E-state index contributed by atoms with van der Waals surface area (Å²) in [5.74, 6) is 0.0592. The number of benzene rings is 3. The number of ether oxygens (including phenoxy) is 3. The molecule has 0 radical (unpaired) electrons. The minimum absolute atomic E-state index is 0.00579. The molecular weight excluding hydrogens is 564 g/mol. The highest BCUT2D eigenvalue weighted by atomic mass is 32.1. The molecule has 0 saturated carbocycles. The summed E-state index contributed by atoms with van der Waals surface area (Å²) in [6.07, 6.45) is 1.54. The van der Waals surface area contributed by atoms with Gasteiger partial charge in [0.05, 0.1) is 35.0 Å². The number of thiazole rings is 1. The first-order chi connectivity index (χ1) is 20.7. The number of nitrogens with zero attached hydrogens (tertiary/aromatic N) is 2. The number of fused-ring (bicyclic) bond motifs is 2. The molecule has 1 aromatic heterocycles. The smallest absolute Gasteiger partial charge is 0.301 e. The van der Waals surface area contributed by atoms with E-state index in [0.29, 0.717) is 47.4 Å². The van der Waals surface area contributed by atoms with Crippen molar-refractivity contribution in [2.24, 2.45) is 0 Å². The highest BCUT2D eigenvalue weighted by Crippen LogP contribution is 2.46. The normalized spacial score (nSPS) is 19.1. The van der Waals surface area contributed by atoms with Gasteiger partial charge in [0.15, 0.2) is 16.6 Å². The largest absolute Gasteiger partial charge is 0.507 e. The van der Waals surface area contributed by atoms with E-state index in [2.05, 4.69) is 0 Å². The first kappa shape index (κ1) is 28.7. The molecule has 1 saturated heterocycles. The van der Waals surface area contributed by atoms with E-state index >= 15 is 0 Å². The second kappa shape index (κ2) is 11.4. The summed E-state index contributed by atoms with van der Waals surface area (Å²) in [5.41, 5.74) is 4.82. The van der Waals surface area contributed by atoms with Crippen LogP contribution in [0.2, 0.25) is 0 Å². The lowest BCUT2D eigenvalue weighted by atomic mass is 9.94. The molecule has 43 heavy (non-hydrogen) atoms. The molecular formula is C34H34N2O6S. The number of hydrogen-bond donors (Lipinski definition) is 1. The number of aliphatic hydroxyl groups excluding tert-OH is 1. The van der Waals surface area contributed by atoms with Gasteiger partial charge in [0.2, 0.25) is 0 Å². The van der Waals surface area contributed by atoms with Gasteiger partial charge in [-0.2, -0.15) is 0 Å². The molecule has 9 heteroatoms. The van der Waals surface area contributed by atoms with E-state index in [9.17, 15) is 14.7 Å². The van der Waals surface area contributed by atoms with Crippen LogP contribution in [0.5, 0.6) is 17.2 Å². The van der Waals surface area contributed by atoms with Crippen LogP contribution in [0.25, 0.3) is 16.0 Å². The van der Waals surface area contributed by atoms with Crippen molar-refractivity contribution in [2.45, 2.75) is 59.6 Å². The molecule has 1 N–H and O–H groups in total. The molecule has 1 amide bonds. The van der Waals surface area contributed by atoms with Crippen LogP contribution in [0, 0.1) is 13.8 Å². The number of aliphatic hydroxyl groups is 1. The first-order valence-electron chi connectivity index (χ1n) is 14.6. The lowest BCUT2D eigenvalue weighted by molar-refractivity contribution is -0.132. The zero-order valence-corrected chi connectivity index (χ0v) is 25.7. The van der Waals surface area contributed by atoms with Crippen molar-refractivity contribution >= 4 is 44.1 Å². The van der Waals surface area contributed by atoms with Crippen molar-refractivity contribution in [2.75, 3.05) is 18.1 Å². The third-order valence-electron chi connectivity index (χ3n) is 7.68. The van der Waals surface area contributed by atoms with Crippen molar-refractivity contribution in [3.05, 3.63) is 81.9 Å². The van der Waals surface area contributed by atoms with Crippen molar-refractivity contribution in [1.29, 1.82) is 0 Å². The van der Waals surface area contributed by atoms with Gasteiger partial charge in [-0.1, -0.05) is 30.4 Å². The van der Waals surface area contributed by atoms with E-state index in [1.807, 2.05) is 58.9 Å². The minimum Gasteiger partial charge on any atom is -0.507 e. The van der Waals surface area contributed by atoms with Crippen LogP contribution < -0.4 is 19.1 Å². The van der Waals surface area contributed by atoms with Crippen molar-refractivity contribution < 1.29 is 28.9 Å². The molecule has 2 atom stereocenters. The van der Waals surface area contributed by atoms with Gasteiger partial charge >= 0.3 is 5.91 Å². The zero-order valence-electron chi connectivity index (χ0n) is 24.9. The molecule has 0 spiro atoms. The van der Waals surface area contributed by atoms with Gasteiger partial charge in [0.1, 0.15) is 17.6 Å². The summed E-state index contributed by atoms with van der Waals surface area (Å²) < 4.78 is 18.6. The summed E-state index contributed by atoms with van der Waals surface area (Å²) >= 11 is 1.35. The van der Waals surface area contributed by atoms with Gasteiger partial charge in [0, 0.05) is 12.0 Å². The second-order valence-corrected chi connectivity index (χ2v) is 12.0. The molecule has 3 heterocycles. The van der Waals surface area contributed by atoms with Gasteiger partial charge in [-0.05, 0) is 92.8 Å². The summed E-state index contributed by atoms with van der Waals surface area (Å²) in [6, 6.07) is 13.8. The van der Waals surface area contributed by atoms with Crippen molar-refractivity contribution in [3.8, 4) is 17.2 Å². The molecule has 2 unspecified atom stereocenters. The Kier molecular flexibility index (Phi) is 7.60. The molecule has 0 bridgehead atoms. The Bertz CT molecular complexity index is 1790. The number of aromatic nitrogens is 1. The fraction of sp³-hybridized carbons (Fsp3) is 0.324. The fourth-order valence-electron chi connectivity index (χ4n) is 5.83. The minimum atomic E-state index is -0.940. The quantitative estimate of drug-likeness (QED) is 0.132. The van der Waals surface area contributed by atoms with E-state index < -0.39 is 17.7 Å². The fourth-order valence-corrected chi connectivity index (χ4v) is 6.99. The molecule has 222 valence electrons. The van der Waals surface area contributed by atoms with E-state index in [4.69, 9.17) is 19.2 Å². The zero-order chi connectivity index (χ0) is 30.4. The van der Waals surface area contributed by atoms with E-state index in [1.54, 1.807) is 24.3 Å². The first-order valence-corrected chi connectivity index (χ1v) is 15.4. The molecule has 6 rings (SSSR count). The third-order valence-corrected chi connectivity index (χ3v) is 8.69. The number of amides is 1. The van der Waals surface area contributed by atoms with Crippen LogP contribution in [0.4, 0.5) is 5.13 Å². The van der Waals surface area contributed by atoms with Gasteiger partial charge in [-0.25, -0.2) is 4.98 Å². The average Bonchev–Trinajstić information content (AvgIpc) is 3.64. The third kappa shape index (κ3) is 5.12. The Balaban J connectivity index is 1.54. The van der Waals surface area contributed by atoms with Gasteiger partial charge in [0.25, 0.3) is 5.78 Å². The number of ketones is 1. The molecule has 2 aliphatic rings. The van der Waals surface area contributed by atoms with Crippen LogP contribution in [-0.4, -0.2) is 41.1 Å². The lowest BCUT2D eigenvalue weighted by Gasteiger charge is -2.24. The number of carbonyl (C=O) groups excluding carboxylic acids is 2. The summed E-state index contributed by atoms with van der Waals surface area (Å²) in [4.78, 5) is 33.9. The number of Topliss-reactive ketones (excluding diaryl/α,β-unsaturated/α-hetero) is 1. The van der Waals surface area contributed by atoms with Crippen LogP contribution in [-0.2, 0) is 16.0 Å². The number of anilines is 1. The van der Waals surface area contributed by atoms with E-state index in [0.717, 1.165) is 39.1 Å². The van der Waals surface area contributed by atoms with Crippen LogP contribution in [0.15, 0.2) is 54.1 Å². The van der Waals surface area contributed by atoms with Gasteiger partial charge in [-0.3, -0.25) is 14.5 Å². The average molecular weight is 599 g/mol. The predicted molar refractivity (Wildman–Crippen MR) is 168 cm³/mol. The van der Waals surface area contributed by atoms with E-state index in [1.165, 1.54) is 16.2 Å². The number of rotatable bonds is 8. The maximum atomic E-state index is 13.8. The van der Waals surface area contributed by atoms with Crippen molar-refractivity contribution in [3.63, 3.8) is 0 Å².